The molecular formula is C55H41N. The van der Waals surface area contributed by atoms with Crippen molar-refractivity contribution in [3.05, 3.63) is 223 Å². The van der Waals surface area contributed by atoms with Crippen molar-refractivity contribution >= 4 is 27.8 Å². The first-order valence-electron chi connectivity index (χ1n) is 19.5. The second-order valence-corrected chi connectivity index (χ2v) is 15.3. The largest absolute Gasteiger partial charge is 0.310 e. The Balaban J connectivity index is 1.20. The van der Waals surface area contributed by atoms with Crippen molar-refractivity contribution in [3.63, 3.8) is 0 Å². The van der Waals surface area contributed by atoms with Crippen molar-refractivity contribution in [3.8, 4) is 55.6 Å². The molecule has 0 heterocycles. The van der Waals surface area contributed by atoms with E-state index in [1.54, 1.807) is 0 Å². The smallest absolute Gasteiger partial charge is 0.0540 e. The summed E-state index contributed by atoms with van der Waals surface area (Å²) in [7, 11) is 0. The van der Waals surface area contributed by atoms with Crippen LogP contribution in [0.15, 0.2) is 212 Å². The fourth-order valence-corrected chi connectivity index (χ4v) is 8.89. The van der Waals surface area contributed by atoms with Gasteiger partial charge >= 0.3 is 0 Å². The van der Waals surface area contributed by atoms with Crippen molar-refractivity contribution in [2.24, 2.45) is 0 Å². The van der Waals surface area contributed by atoms with Crippen molar-refractivity contribution in [2.75, 3.05) is 4.90 Å². The summed E-state index contributed by atoms with van der Waals surface area (Å²) in [5.41, 5.74) is 18.3. The van der Waals surface area contributed by atoms with E-state index in [9.17, 15) is 0 Å². The minimum Gasteiger partial charge on any atom is -0.310 e. The van der Waals surface area contributed by atoms with E-state index in [1.165, 1.54) is 77.5 Å². The number of hydrogen-bond donors (Lipinski definition) is 0. The Hall–Kier alpha value is -6.96. The zero-order chi connectivity index (χ0) is 37.6. The minimum absolute atomic E-state index is 0.189. The maximum atomic E-state index is 2.47. The van der Waals surface area contributed by atoms with E-state index in [0.29, 0.717) is 0 Å². The minimum atomic E-state index is -0.189. The molecule has 1 nitrogen and oxygen atoms in total. The molecule has 0 N–H and O–H groups in total. The zero-order valence-corrected chi connectivity index (χ0v) is 31.7. The lowest BCUT2D eigenvalue weighted by molar-refractivity contribution is 0.660. The second-order valence-electron chi connectivity index (χ2n) is 15.3. The molecule has 0 aromatic heterocycles. The van der Waals surface area contributed by atoms with Crippen molar-refractivity contribution in [1.82, 2.24) is 0 Å². The number of hydrogen-bond acceptors (Lipinski definition) is 1. The lowest BCUT2D eigenvalue weighted by atomic mass is 9.81. The quantitative estimate of drug-likeness (QED) is 0.159. The highest BCUT2D eigenvalue weighted by Gasteiger charge is 2.37. The van der Waals surface area contributed by atoms with E-state index in [2.05, 4.69) is 231 Å². The van der Waals surface area contributed by atoms with Gasteiger partial charge < -0.3 is 4.90 Å². The van der Waals surface area contributed by atoms with Crippen LogP contribution >= 0.6 is 0 Å². The van der Waals surface area contributed by atoms with Crippen LogP contribution in [0, 0.1) is 0 Å². The lowest BCUT2D eigenvalue weighted by Gasteiger charge is -2.30. The molecule has 10 rings (SSSR count). The summed E-state index contributed by atoms with van der Waals surface area (Å²) in [6, 6.07) is 77.6. The molecule has 0 unspecified atom stereocenters. The van der Waals surface area contributed by atoms with Gasteiger partial charge in [-0.05, 0) is 114 Å². The van der Waals surface area contributed by atoms with E-state index in [4.69, 9.17) is 0 Å². The number of anilines is 3. The highest BCUT2D eigenvalue weighted by Crippen LogP contribution is 2.54. The van der Waals surface area contributed by atoms with Gasteiger partial charge in [0.15, 0.2) is 0 Å². The van der Waals surface area contributed by atoms with Crippen LogP contribution in [0.2, 0.25) is 0 Å². The molecule has 1 heteroatoms. The van der Waals surface area contributed by atoms with Gasteiger partial charge in [0.1, 0.15) is 0 Å². The van der Waals surface area contributed by atoms with Gasteiger partial charge in [0.25, 0.3) is 0 Å². The fraction of sp³-hybridized carbons (Fsp3) is 0.0545. The highest BCUT2D eigenvalue weighted by molar-refractivity contribution is 6.02. The van der Waals surface area contributed by atoms with Crippen molar-refractivity contribution < 1.29 is 0 Å². The van der Waals surface area contributed by atoms with Crippen LogP contribution in [0.1, 0.15) is 25.0 Å². The number of fused-ring (bicyclic) bond motifs is 4. The van der Waals surface area contributed by atoms with Crippen LogP contribution in [0.3, 0.4) is 0 Å². The predicted octanol–water partition coefficient (Wildman–Crippen LogP) is 15.3. The van der Waals surface area contributed by atoms with Gasteiger partial charge in [0.05, 0.1) is 5.69 Å². The molecule has 1 aliphatic rings. The maximum absolute atomic E-state index is 2.47. The summed E-state index contributed by atoms with van der Waals surface area (Å²) in [5.74, 6) is 0. The maximum Gasteiger partial charge on any atom is 0.0540 e. The molecule has 0 saturated carbocycles. The van der Waals surface area contributed by atoms with E-state index in [-0.39, 0.29) is 5.41 Å². The average molecular weight is 716 g/mol. The first-order valence-corrected chi connectivity index (χ1v) is 19.5. The summed E-state index contributed by atoms with van der Waals surface area (Å²) in [4.78, 5) is 2.47. The molecule has 9 aromatic rings. The average Bonchev–Trinajstić information content (AvgIpc) is 3.50. The Bertz CT molecular complexity index is 2870. The van der Waals surface area contributed by atoms with Gasteiger partial charge in [-0.25, -0.2) is 0 Å². The zero-order valence-electron chi connectivity index (χ0n) is 31.7. The van der Waals surface area contributed by atoms with Crippen LogP contribution in [0.25, 0.3) is 66.4 Å². The number of nitrogens with zero attached hydrogens (tertiary/aromatic N) is 1. The summed E-state index contributed by atoms with van der Waals surface area (Å²) in [6.07, 6.45) is 0. The molecule has 0 atom stereocenters. The summed E-state index contributed by atoms with van der Waals surface area (Å²) in [5, 5.41) is 2.48. The molecule has 56 heavy (non-hydrogen) atoms. The molecule has 0 aliphatic heterocycles. The van der Waals surface area contributed by atoms with Gasteiger partial charge in [0, 0.05) is 22.4 Å². The SMILES string of the molecule is CC1(C)c2cc(N(c3cccc(-c4ccccc4)c3)c3ccccc3-c3cc(-c4ccccc4)c4ccccc4c3)ccc2-c2c(-c3ccccc3)cccc21. The van der Waals surface area contributed by atoms with Gasteiger partial charge in [0.2, 0.25) is 0 Å². The molecule has 0 saturated heterocycles. The van der Waals surface area contributed by atoms with Crippen LogP contribution in [0.4, 0.5) is 17.1 Å². The predicted molar refractivity (Wildman–Crippen MR) is 238 cm³/mol. The molecule has 0 bridgehead atoms. The molecule has 0 radical (unpaired) electrons. The van der Waals surface area contributed by atoms with Crippen LogP contribution < -0.4 is 4.90 Å². The first-order chi connectivity index (χ1) is 27.5. The van der Waals surface area contributed by atoms with E-state index in [1.807, 2.05) is 0 Å². The van der Waals surface area contributed by atoms with E-state index in [0.717, 1.165) is 17.1 Å². The molecule has 0 fully saturated rings. The monoisotopic (exact) mass is 715 g/mol. The number of para-hydroxylation sites is 1. The molecule has 266 valence electrons. The highest BCUT2D eigenvalue weighted by atomic mass is 15.1. The number of rotatable bonds is 7. The Labute approximate surface area is 329 Å². The van der Waals surface area contributed by atoms with Crippen molar-refractivity contribution in [2.45, 2.75) is 19.3 Å². The van der Waals surface area contributed by atoms with Crippen LogP contribution in [-0.4, -0.2) is 0 Å². The van der Waals surface area contributed by atoms with Gasteiger partial charge in [-0.3, -0.25) is 0 Å². The molecule has 0 spiro atoms. The summed E-state index contributed by atoms with van der Waals surface area (Å²) in [6.45, 7) is 4.76. The Morgan fingerprint density at radius 1 is 0.339 bits per heavy atom. The lowest BCUT2D eigenvalue weighted by Crippen LogP contribution is -2.17. The second kappa shape index (κ2) is 13.7. The number of benzene rings is 9. The Morgan fingerprint density at radius 3 is 1.70 bits per heavy atom. The summed E-state index contributed by atoms with van der Waals surface area (Å²) >= 11 is 0. The normalized spacial score (nSPS) is 12.6. The van der Waals surface area contributed by atoms with Crippen LogP contribution in [0.5, 0.6) is 0 Å². The van der Waals surface area contributed by atoms with Crippen molar-refractivity contribution in [1.29, 1.82) is 0 Å². The first kappa shape index (κ1) is 33.6. The molecule has 0 amide bonds. The fourth-order valence-electron chi connectivity index (χ4n) is 8.89. The topological polar surface area (TPSA) is 3.24 Å². The standard InChI is InChI=1S/C55H41N/c1-55(2)51-30-17-29-48(39-20-8-4-9-21-39)54(51)49-33-32-45(37-52(49)55)56(44-26-16-25-41(35-44)38-18-6-3-7-19-38)53-31-15-14-28-47(53)43-34-42-24-12-13-27-46(42)50(36-43)40-22-10-5-11-23-40/h3-37H,1-2H3. The van der Waals surface area contributed by atoms with E-state index >= 15 is 0 Å². The van der Waals surface area contributed by atoms with Crippen LogP contribution in [-0.2, 0) is 5.41 Å². The molecular weight excluding hydrogens is 675 g/mol. The molecule has 1 aliphatic carbocycles. The Morgan fingerprint density at radius 2 is 0.929 bits per heavy atom. The third kappa shape index (κ3) is 5.72. The third-order valence-electron chi connectivity index (χ3n) is 11.6. The Kier molecular flexibility index (Phi) is 8.23. The summed E-state index contributed by atoms with van der Waals surface area (Å²) < 4.78 is 0. The molecule has 9 aromatic carbocycles. The van der Waals surface area contributed by atoms with Gasteiger partial charge in [-0.1, -0.05) is 184 Å². The van der Waals surface area contributed by atoms with Gasteiger partial charge in [-0.15, -0.1) is 0 Å². The van der Waals surface area contributed by atoms with Gasteiger partial charge in [-0.2, -0.15) is 0 Å². The third-order valence-corrected chi connectivity index (χ3v) is 11.6. The van der Waals surface area contributed by atoms with E-state index < -0.39 is 0 Å².